The van der Waals surface area contributed by atoms with E-state index in [4.69, 9.17) is 16.0 Å². The molecule has 0 saturated heterocycles. The molecule has 7 aromatic carbocycles. The smallest absolute Gasteiger partial charge is 0.0991 e. The van der Waals surface area contributed by atoms with Crippen molar-refractivity contribution in [3.05, 3.63) is 174 Å². The van der Waals surface area contributed by atoms with E-state index in [1.54, 1.807) is 0 Å². The van der Waals surface area contributed by atoms with Crippen molar-refractivity contribution in [3.63, 3.8) is 0 Å². The van der Waals surface area contributed by atoms with Gasteiger partial charge in [0.25, 0.3) is 0 Å². The van der Waals surface area contributed by atoms with Crippen LogP contribution in [0, 0.1) is 11.3 Å². The molecule has 0 aromatic heterocycles. The highest BCUT2D eigenvalue weighted by molar-refractivity contribution is 6.20. The molecule has 0 heterocycles. The highest BCUT2D eigenvalue weighted by Crippen LogP contribution is 2.33. The molecule has 0 fully saturated rings. The molecule has 0 amide bonds. The average Bonchev–Trinajstić information content (AvgIpc) is 3.10. The number of nitrogens with two attached hydrogens (primary N) is 1. The van der Waals surface area contributed by atoms with E-state index >= 15 is 0 Å². The Morgan fingerprint density at radius 1 is 0.614 bits per heavy atom. The van der Waals surface area contributed by atoms with Gasteiger partial charge in [-0.3, -0.25) is 4.99 Å². The fourth-order valence-corrected chi connectivity index (χ4v) is 5.85. The maximum atomic E-state index is 9.17. The number of nitrogens with zero attached hydrogens (tertiary/aromatic N) is 2. The van der Waals surface area contributed by atoms with Gasteiger partial charge in [0.05, 0.1) is 23.4 Å². The molecule has 7 aromatic rings. The number of rotatable bonds is 6. The minimum absolute atomic E-state index is 0.324. The minimum Gasteiger partial charge on any atom is -0.321 e. The molecule has 7 rings (SSSR count). The van der Waals surface area contributed by atoms with Crippen molar-refractivity contribution >= 4 is 44.2 Å². The predicted octanol–water partition coefficient (Wildman–Crippen LogP) is 9.84. The normalized spacial score (nSPS) is 12.6. The molecule has 2 N–H and O–H groups in total. The van der Waals surface area contributed by atoms with Crippen molar-refractivity contribution in [2.45, 2.75) is 6.04 Å². The van der Waals surface area contributed by atoms with Crippen LogP contribution in [0.5, 0.6) is 0 Å². The third kappa shape index (κ3) is 5.27. The van der Waals surface area contributed by atoms with E-state index in [9.17, 15) is 0 Å². The lowest BCUT2D eigenvalue weighted by Gasteiger charge is -2.13. The first-order valence-electron chi connectivity index (χ1n) is 14.7. The SMILES string of the molecule is N#Cc1ccc(-c2ccc(C(=C/C(N)c3ccccc3)/N=C/c3c4ccccc4cc4c3ccc3ccccc34)cc2)cc1. The minimum atomic E-state index is -0.324. The Morgan fingerprint density at radius 2 is 1.25 bits per heavy atom. The first kappa shape index (κ1) is 27.0. The molecule has 0 bridgehead atoms. The molecule has 0 aliphatic heterocycles. The van der Waals surface area contributed by atoms with Crippen LogP contribution in [0.1, 0.15) is 28.3 Å². The summed E-state index contributed by atoms with van der Waals surface area (Å²) in [5.41, 5.74) is 13.4. The number of hydrogen-bond acceptors (Lipinski definition) is 3. The maximum Gasteiger partial charge on any atom is 0.0991 e. The topological polar surface area (TPSA) is 62.2 Å². The van der Waals surface area contributed by atoms with Gasteiger partial charge in [-0.1, -0.05) is 127 Å². The largest absolute Gasteiger partial charge is 0.321 e. The number of benzene rings is 7. The van der Waals surface area contributed by atoms with Gasteiger partial charge < -0.3 is 5.73 Å². The lowest BCUT2D eigenvalue weighted by atomic mass is 9.94. The summed E-state index contributed by atoms with van der Waals surface area (Å²) >= 11 is 0. The van der Waals surface area contributed by atoms with E-state index in [1.165, 1.54) is 21.5 Å². The highest BCUT2D eigenvalue weighted by atomic mass is 14.7. The summed E-state index contributed by atoms with van der Waals surface area (Å²) in [6.07, 6.45) is 4.03. The Balaban J connectivity index is 1.36. The van der Waals surface area contributed by atoms with E-state index in [-0.39, 0.29) is 6.04 Å². The molecule has 1 unspecified atom stereocenters. The van der Waals surface area contributed by atoms with E-state index in [0.717, 1.165) is 44.3 Å². The van der Waals surface area contributed by atoms with Crippen LogP contribution in [-0.2, 0) is 0 Å². The Bertz CT molecular complexity index is 2220. The Labute approximate surface area is 256 Å². The monoisotopic (exact) mass is 563 g/mol. The van der Waals surface area contributed by atoms with Gasteiger partial charge in [0, 0.05) is 11.8 Å². The van der Waals surface area contributed by atoms with E-state index < -0.39 is 0 Å². The van der Waals surface area contributed by atoms with Crippen LogP contribution in [0.3, 0.4) is 0 Å². The van der Waals surface area contributed by atoms with Crippen molar-refractivity contribution in [1.82, 2.24) is 0 Å². The predicted molar refractivity (Wildman–Crippen MR) is 184 cm³/mol. The summed E-state index contributed by atoms with van der Waals surface area (Å²) in [5, 5.41) is 16.3. The fraction of sp³-hybridized carbons (Fsp3) is 0.0244. The average molecular weight is 564 g/mol. The molecule has 0 saturated carbocycles. The van der Waals surface area contributed by atoms with Crippen molar-refractivity contribution < 1.29 is 0 Å². The summed E-state index contributed by atoms with van der Waals surface area (Å²) in [7, 11) is 0. The first-order valence-corrected chi connectivity index (χ1v) is 14.7. The van der Waals surface area contributed by atoms with Crippen molar-refractivity contribution in [1.29, 1.82) is 5.26 Å². The van der Waals surface area contributed by atoms with Gasteiger partial charge in [0.1, 0.15) is 0 Å². The molecule has 44 heavy (non-hydrogen) atoms. The second kappa shape index (κ2) is 11.8. The summed E-state index contributed by atoms with van der Waals surface area (Å²) in [6.45, 7) is 0. The van der Waals surface area contributed by atoms with E-state index in [0.29, 0.717) is 5.56 Å². The number of nitriles is 1. The van der Waals surface area contributed by atoms with Gasteiger partial charge in [0.2, 0.25) is 0 Å². The summed E-state index contributed by atoms with van der Waals surface area (Å²) in [4.78, 5) is 5.16. The van der Waals surface area contributed by atoms with Crippen LogP contribution < -0.4 is 5.73 Å². The first-order chi connectivity index (χ1) is 21.7. The van der Waals surface area contributed by atoms with Crippen LogP contribution in [0.25, 0.3) is 49.1 Å². The maximum absolute atomic E-state index is 9.17. The Kier molecular flexibility index (Phi) is 7.26. The molecule has 0 aliphatic rings. The van der Waals surface area contributed by atoms with Crippen molar-refractivity contribution in [2.75, 3.05) is 0 Å². The molecule has 1 atom stereocenters. The van der Waals surface area contributed by atoms with Crippen LogP contribution in [0.2, 0.25) is 0 Å². The molecule has 0 aliphatic carbocycles. The lowest BCUT2D eigenvalue weighted by molar-refractivity contribution is 0.911. The molecule has 0 radical (unpaired) electrons. The zero-order chi connectivity index (χ0) is 29.9. The highest BCUT2D eigenvalue weighted by Gasteiger charge is 2.11. The van der Waals surface area contributed by atoms with Crippen LogP contribution in [0.15, 0.2) is 157 Å². The standard InChI is InChI=1S/C41H29N3/c42-26-28-14-16-29(17-15-28)30-18-20-33(21-19-30)41(25-40(43)32-9-2-1-3-10-32)44-27-39-36-13-7-5-11-34(36)24-38-35-12-6-4-8-31(35)22-23-37(38)39/h1-25,27,40H,43H2/b41-25-,44-27+. The van der Waals surface area contributed by atoms with Crippen LogP contribution in [-0.4, -0.2) is 6.21 Å². The third-order valence-electron chi connectivity index (χ3n) is 8.19. The zero-order valence-electron chi connectivity index (χ0n) is 24.1. The Morgan fingerprint density at radius 3 is 1.98 bits per heavy atom. The van der Waals surface area contributed by atoms with Crippen molar-refractivity contribution in [2.24, 2.45) is 10.7 Å². The van der Waals surface area contributed by atoms with E-state index in [2.05, 4.69) is 97.1 Å². The molecular formula is C41H29N3. The van der Waals surface area contributed by atoms with Gasteiger partial charge >= 0.3 is 0 Å². The molecule has 3 nitrogen and oxygen atoms in total. The van der Waals surface area contributed by atoms with Gasteiger partial charge in [-0.15, -0.1) is 0 Å². The summed E-state index contributed by atoms with van der Waals surface area (Å²) in [6, 6.07) is 51.6. The van der Waals surface area contributed by atoms with Crippen LogP contribution in [0.4, 0.5) is 0 Å². The lowest BCUT2D eigenvalue weighted by Crippen LogP contribution is -2.07. The van der Waals surface area contributed by atoms with Gasteiger partial charge in [0.15, 0.2) is 0 Å². The van der Waals surface area contributed by atoms with Gasteiger partial charge in [-0.2, -0.15) is 5.26 Å². The molecule has 3 heteroatoms. The summed E-state index contributed by atoms with van der Waals surface area (Å²) < 4.78 is 0. The molecular weight excluding hydrogens is 534 g/mol. The fourth-order valence-electron chi connectivity index (χ4n) is 5.85. The number of hydrogen-bond donors (Lipinski definition) is 1. The third-order valence-corrected chi connectivity index (χ3v) is 8.19. The Hall–Kier alpha value is -5.82. The number of aliphatic imine (C=N–C) groups is 1. The molecule has 208 valence electrons. The van der Waals surface area contributed by atoms with Gasteiger partial charge in [-0.25, -0.2) is 0 Å². The quantitative estimate of drug-likeness (QED) is 0.124. The van der Waals surface area contributed by atoms with E-state index in [1.807, 2.05) is 66.9 Å². The molecule has 0 spiro atoms. The summed E-state index contributed by atoms with van der Waals surface area (Å²) in [5.74, 6) is 0. The second-order valence-electron chi connectivity index (χ2n) is 10.9. The van der Waals surface area contributed by atoms with Crippen LogP contribution >= 0.6 is 0 Å². The van der Waals surface area contributed by atoms with Gasteiger partial charge in [-0.05, 0) is 78.8 Å². The second-order valence-corrected chi connectivity index (χ2v) is 10.9. The zero-order valence-corrected chi connectivity index (χ0v) is 24.1. The number of fused-ring (bicyclic) bond motifs is 4. The van der Waals surface area contributed by atoms with Crippen molar-refractivity contribution in [3.8, 4) is 17.2 Å².